The van der Waals surface area contributed by atoms with Gasteiger partial charge in [0.25, 0.3) is 11.8 Å². The van der Waals surface area contributed by atoms with Gasteiger partial charge in [-0.3, -0.25) is 14.5 Å². The first-order valence-corrected chi connectivity index (χ1v) is 3.78. The van der Waals surface area contributed by atoms with Gasteiger partial charge >= 0.3 is 0 Å². The molecular weight excluding hydrogens is 168 g/mol. The van der Waals surface area contributed by atoms with E-state index in [1.165, 1.54) is 6.08 Å². The molecule has 0 aromatic carbocycles. The van der Waals surface area contributed by atoms with E-state index in [4.69, 9.17) is 5.26 Å². The summed E-state index contributed by atoms with van der Waals surface area (Å²) in [5, 5.41) is 8.56. The quantitative estimate of drug-likeness (QED) is 0.428. The molecule has 13 heavy (non-hydrogen) atoms. The van der Waals surface area contributed by atoms with Crippen molar-refractivity contribution < 1.29 is 9.59 Å². The standard InChI is InChI=1S/C9H8N2O2/c1-3-11-8(12)6(2)4-7(5-10)9(11)13/h4H,2-3H2,1H3. The van der Waals surface area contributed by atoms with E-state index in [0.29, 0.717) is 0 Å². The van der Waals surface area contributed by atoms with E-state index in [9.17, 15) is 9.59 Å². The van der Waals surface area contributed by atoms with E-state index in [1.54, 1.807) is 13.0 Å². The Morgan fingerprint density at radius 2 is 2.15 bits per heavy atom. The lowest BCUT2D eigenvalue weighted by Crippen LogP contribution is -2.40. The number of rotatable bonds is 1. The predicted octanol–water partition coefficient (Wildman–Crippen LogP) is 0.381. The Hall–Kier alpha value is -1.89. The van der Waals surface area contributed by atoms with Crippen LogP contribution in [0.15, 0.2) is 23.8 Å². The summed E-state index contributed by atoms with van der Waals surface area (Å²) in [5.74, 6) is -0.964. The van der Waals surface area contributed by atoms with E-state index in [-0.39, 0.29) is 17.7 Å². The highest BCUT2D eigenvalue weighted by atomic mass is 16.2. The number of nitriles is 1. The molecule has 4 heteroatoms. The Kier molecular flexibility index (Phi) is 2.29. The minimum atomic E-state index is -0.539. The minimum absolute atomic E-state index is 0.0357. The molecule has 0 fully saturated rings. The van der Waals surface area contributed by atoms with Crippen molar-refractivity contribution >= 4 is 11.8 Å². The summed E-state index contributed by atoms with van der Waals surface area (Å²) >= 11 is 0. The maximum Gasteiger partial charge on any atom is 0.271 e. The van der Waals surface area contributed by atoms with E-state index in [2.05, 4.69) is 6.58 Å². The Balaban J connectivity index is 3.16. The van der Waals surface area contributed by atoms with E-state index in [0.717, 1.165) is 4.90 Å². The van der Waals surface area contributed by atoms with Gasteiger partial charge < -0.3 is 0 Å². The zero-order valence-corrected chi connectivity index (χ0v) is 7.20. The van der Waals surface area contributed by atoms with Crippen molar-refractivity contribution in [3.05, 3.63) is 23.8 Å². The topological polar surface area (TPSA) is 61.2 Å². The highest BCUT2D eigenvalue weighted by molar-refractivity contribution is 6.16. The summed E-state index contributed by atoms with van der Waals surface area (Å²) in [4.78, 5) is 23.6. The van der Waals surface area contributed by atoms with Crippen LogP contribution in [0.4, 0.5) is 0 Å². The fraction of sp³-hybridized carbons (Fsp3) is 0.222. The summed E-state index contributed by atoms with van der Waals surface area (Å²) < 4.78 is 0. The van der Waals surface area contributed by atoms with Gasteiger partial charge in [0.05, 0.1) is 0 Å². The third-order valence-corrected chi connectivity index (χ3v) is 1.75. The van der Waals surface area contributed by atoms with Crippen LogP contribution in [0.25, 0.3) is 0 Å². The second-order valence-corrected chi connectivity index (χ2v) is 2.55. The summed E-state index contributed by atoms with van der Waals surface area (Å²) in [6.45, 7) is 5.38. The molecule has 4 nitrogen and oxygen atoms in total. The molecule has 0 aromatic heterocycles. The molecule has 2 amide bonds. The van der Waals surface area contributed by atoms with Crippen molar-refractivity contribution in [1.29, 1.82) is 5.26 Å². The average Bonchev–Trinajstić information content (AvgIpc) is 2.12. The van der Waals surface area contributed by atoms with Crippen LogP contribution in [-0.4, -0.2) is 23.3 Å². The number of hydrogen-bond acceptors (Lipinski definition) is 3. The molecule has 1 rings (SSSR count). The molecule has 1 aliphatic rings. The van der Waals surface area contributed by atoms with E-state index < -0.39 is 11.8 Å². The lowest BCUT2D eigenvalue weighted by Gasteiger charge is -2.22. The molecule has 0 aliphatic carbocycles. The van der Waals surface area contributed by atoms with E-state index >= 15 is 0 Å². The number of nitrogens with zero attached hydrogens (tertiary/aromatic N) is 2. The molecule has 1 aliphatic heterocycles. The van der Waals surface area contributed by atoms with Crippen LogP contribution in [-0.2, 0) is 9.59 Å². The smallest absolute Gasteiger partial charge is 0.271 e. The van der Waals surface area contributed by atoms with Gasteiger partial charge in [-0.05, 0) is 13.0 Å². The van der Waals surface area contributed by atoms with Crippen molar-refractivity contribution in [3.8, 4) is 6.07 Å². The molecule has 0 N–H and O–H groups in total. The molecule has 0 saturated heterocycles. The third-order valence-electron chi connectivity index (χ3n) is 1.75. The van der Waals surface area contributed by atoms with Crippen molar-refractivity contribution in [1.82, 2.24) is 4.90 Å². The lowest BCUT2D eigenvalue weighted by atomic mass is 10.1. The Morgan fingerprint density at radius 3 is 2.62 bits per heavy atom. The summed E-state index contributed by atoms with van der Waals surface area (Å²) in [6, 6.07) is 1.73. The Morgan fingerprint density at radius 1 is 1.54 bits per heavy atom. The molecule has 0 spiro atoms. The van der Waals surface area contributed by atoms with Gasteiger partial charge in [0.15, 0.2) is 0 Å². The van der Waals surface area contributed by atoms with Crippen molar-refractivity contribution in [3.63, 3.8) is 0 Å². The van der Waals surface area contributed by atoms with Crippen LogP contribution in [0.3, 0.4) is 0 Å². The fourth-order valence-corrected chi connectivity index (χ4v) is 1.08. The monoisotopic (exact) mass is 176 g/mol. The number of imide groups is 1. The molecule has 0 bridgehead atoms. The van der Waals surface area contributed by atoms with Gasteiger partial charge in [0, 0.05) is 12.1 Å². The zero-order valence-electron chi connectivity index (χ0n) is 7.20. The molecule has 0 radical (unpaired) electrons. The largest absolute Gasteiger partial charge is 0.274 e. The van der Waals surface area contributed by atoms with Gasteiger partial charge in [-0.1, -0.05) is 6.58 Å². The van der Waals surface area contributed by atoms with Crippen LogP contribution >= 0.6 is 0 Å². The van der Waals surface area contributed by atoms with Gasteiger partial charge in [-0.2, -0.15) is 5.26 Å². The Bertz CT molecular complexity index is 360. The van der Waals surface area contributed by atoms with Crippen molar-refractivity contribution in [2.24, 2.45) is 0 Å². The van der Waals surface area contributed by atoms with Gasteiger partial charge in [0.2, 0.25) is 0 Å². The fourth-order valence-electron chi connectivity index (χ4n) is 1.08. The van der Waals surface area contributed by atoms with Crippen molar-refractivity contribution in [2.75, 3.05) is 6.54 Å². The minimum Gasteiger partial charge on any atom is -0.274 e. The van der Waals surface area contributed by atoms with Crippen LogP contribution in [0, 0.1) is 11.3 Å². The predicted molar refractivity (Wildman–Crippen MR) is 45.2 cm³/mol. The van der Waals surface area contributed by atoms with Crippen LogP contribution in [0.2, 0.25) is 0 Å². The van der Waals surface area contributed by atoms with Crippen molar-refractivity contribution in [2.45, 2.75) is 6.92 Å². The lowest BCUT2D eigenvalue weighted by molar-refractivity contribution is -0.139. The number of carbonyl (C=O) groups is 2. The normalized spacial score (nSPS) is 17.1. The summed E-state index contributed by atoms with van der Waals surface area (Å²) in [7, 11) is 0. The SMILES string of the molecule is C=C1C=C(C#N)C(=O)N(CC)C1=O. The number of carbonyl (C=O) groups excluding carboxylic acids is 2. The molecule has 66 valence electrons. The molecule has 0 aromatic rings. The van der Waals surface area contributed by atoms with Gasteiger partial charge in [0.1, 0.15) is 11.6 Å². The Labute approximate surface area is 75.7 Å². The van der Waals surface area contributed by atoms with Crippen LogP contribution in [0.5, 0.6) is 0 Å². The summed E-state index contributed by atoms with van der Waals surface area (Å²) in [5.41, 5.74) is 0.143. The van der Waals surface area contributed by atoms with Crippen LogP contribution in [0.1, 0.15) is 6.92 Å². The second kappa shape index (κ2) is 3.23. The number of amides is 2. The maximum atomic E-state index is 11.3. The number of likely N-dealkylation sites (N-methyl/N-ethyl adjacent to an activating group) is 1. The third kappa shape index (κ3) is 1.36. The molecular formula is C9H8N2O2. The van der Waals surface area contributed by atoms with Gasteiger partial charge in [-0.25, -0.2) is 0 Å². The first kappa shape index (κ1) is 9.20. The molecule has 0 atom stereocenters. The van der Waals surface area contributed by atoms with Crippen LogP contribution < -0.4 is 0 Å². The maximum absolute atomic E-state index is 11.3. The van der Waals surface area contributed by atoms with Gasteiger partial charge in [-0.15, -0.1) is 0 Å². The molecule has 1 heterocycles. The first-order valence-electron chi connectivity index (χ1n) is 3.78. The zero-order chi connectivity index (χ0) is 10.0. The summed E-state index contributed by atoms with van der Waals surface area (Å²) in [6.07, 6.45) is 1.22. The molecule has 0 unspecified atom stereocenters. The highest BCUT2D eigenvalue weighted by Crippen LogP contribution is 2.14. The second-order valence-electron chi connectivity index (χ2n) is 2.55. The molecule has 0 saturated carbocycles. The first-order chi connectivity index (χ1) is 6.11. The van der Waals surface area contributed by atoms with E-state index in [1.807, 2.05) is 0 Å². The number of hydrogen-bond donors (Lipinski definition) is 0. The highest BCUT2D eigenvalue weighted by Gasteiger charge is 2.29. The average molecular weight is 176 g/mol.